The number of nitrogens with zero attached hydrogens (tertiary/aromatic N) is 6. The number of aromatic nitrogens is 3. The maximum absolute atomic E-state index is 13.5. The summed E-state index contributed by atoms with van der Waals surface area (Å²) in [6, 6.07) is 14.5. The zero-order valence-electron chi connectivity index (χ0n) is 24.9. The molecule has 0 atom stereocenters. The molecule has 0 radical (unpaired) electrons. The fourth-order valence-electron chi connectivity index (χ4n) is 5.36. The van der Waals surface area contributed by atoms with Crippen molar-refractivity contribution in [2.75, 3.05) is 50.7 Å². The van der Waals surface area contributed by atoms with E-state index in [0.717, 1.165) is 49.5 Å². The second kappa shape index (κ2) is 14.5. The third kappa shape index (κ3) is 7.44. The number of terminal acetylenes is 1. The minimum absolute atomic E-state index is 0.116. The number of carbonyl (C=O) groups is 1. The summed E-state index contributed by atoms with van der Waals surface area (Å²) in [6.45, 7) is 6.92. The van der Waals surface area contributed by atoms with Crippen molar-refractivity contribution >= 4 is 34.1 Å². The molecule has 0 unspecified atom stereocenters. The Bertz CT molecular complexity index is 1690. The van der Waals surface area contributed by atoms with Gasteiger partial charge in [0.1, 0.15) is 5.82 Å². The predicted octanol–water partition coefficient (Wildman–Crippen LogP) is 2.63. The molecule has 228 valence electrons. The third-order valence-electron chi connectivity index (χ3n) is 7.93. The van der Waals surface area contributed by atoms with Gasteiger partial charge in [-0.15, -0.1) is 6.42 Å². The Kier molecular flexibility index (Phi) is 10.2. The number of hydrogen-bond acceptors (Lipinski definition) is 8. The second-order valence-corrected chi connectivity index (χ2v) is 11.3. The Labute approximate surface area is 262 Å². The Hall–Kier alpha value is -4.27. The normalized spacial score (nSPS) is 14.0. The zero-order chi connectivity index (χ0) is 31.1. The Balaban J connectivity index is 1.30. The maximum Gasteiger partial charge on any atom is 0.261 e. The molecule has 0 bridgehead atoms. The van der Waals surface area contributed by atoms with E-state index in [1.165, 1.54) is 0 Å². The summed E-state index contributed by atoms with van der Waals surface area (Å²) in [4.78, 5) is 41.7. The van der Waals surface area contributed by atoms with E-state index in [1.807, 2.05) is 35.2 Å². The van der Waals surface area contributed by atoms with Crippen molar-refractivity contribution in [2.45, 2.75) is 19.6 Å². The average Bonchev–Trinajstić information content (AvgIpc) is 3.04. The van der Waals surface area contributed by atoms with Crippen LogP contribution in [0.3, 0.4) is 0 Å². The minimum atomic E-state index is -0.182. The number of piperazine rings is 1. The smallest absolute Gasteiger partial charge is 0.261 e. The van der Waals surface area contributed by atoms with Crippen LogP contribution in [0.1, 0.15) is 27.3 Å². The van der Waals surface area contributed by atoms with Crippen LogP contribution in [0.2, 0.25) is 5.02 Å². The molecule has 0 spiro atoms. The lowest BCUT2D eigenvalue weighted by Crippen LogP contribution is -2.47. The number of rotatable bonds is 11. The van der Waals surface area contributed by atoms with Crippen molar-refractivity contribution in [3.63, 3.8) is 0 Å². The molecule has 1 aliphatic heterocycles. The van der Waals surface area contributed by atoms with E-state index in [9.17, 15) is 9.59 Å². The molecule has 5 rings (SSSR count). The molecule has 44 heavy (non-hydrogen) atoms. The lowest BCUT2D eigenvalue weighted by Gasteiger charge is -2.34. The number of nitrogens with one attached hydrogen (secondary N) is 1. The van der Waals surface area contributed by atoms with Gasteiger partial charge in [0.25, 0.3) is 11.5 Å². The van der Waals surface area contributed by atoms with Gasteiger partial charge in [-0.2, -0.15) is 0 Å². The highest BCUT2D eigenvalue weighted by Crippen LogP contribution is 2.26. The number of hydrogen-bond donors (Lipinski definition) is 2. The highest BCUT2D eigenvalue weighted by molar-refractivity contribution is 6.32. The Morgan fingerprint density at radius 1 is 1.14 bits per heavy atom. The van der Waals surface area contributed by atoms with E-state index in [4.69, 9.17) is 28.7 Å². The maximum atomic E-state index is 13.5. The molecule has 1 amide bonds. The fourth-order valence-corrected chi connectivity index (χ4v) is 5.58. The van der Waals surface area contributed by atoms with Crippen molar-refractivity contribution < 1.29 is 4.79 Å². The number of carbonyl (C=O) groups excluding carboxylic acids is 1. The number of nitrogens with two attached hydrogens (primary N) is 1. The zero-order valence-corrected chi connectivity index (χ0v) is 25.6. The Morgan fingerprint density at radius 2 is 1.89 bits per heavy atom. The lowest BCUT2D eigenvalue weighted by atomic mass is 10.1. The first-order chi connectivity index (χ1) is 21.4. The van der Waals surface area contributed by atoms with Crippen molar-refractivity contribution in [1.82, 2.24) is 29.7 Å². The van der Waals surface area contributed by atoms with Gasteiger partial charge in [0.05, 0.1) is 24.0 Å². The van der Waals surface area contributed by atoms with E-state index in [0.29, 0.717) is 60.0 Å². The van der Waals surface area contributed by atoms with E-state index in [-0.39, 0.29) is 11.5 Å². The molecular weight excluding hydrogens is 576 g/mol. The molecule has 11 heteroatoms. The van der Waals surface area contributed by atoms with Gasteiger partial charge in [0.2, 0.25) is 0 Å². The van der Waals surface area contributed by atoms with E-state index >= 15 is 0 Å². The van der Waals surface area contributed by atoms with Crippen LogP contribution in [0.4, 0.5) is 5.69 Å². The first-order valence-corrected chi connectivity index (χ1v) is 15.0. The van der Waals surface area contributed by atoms with Crippen LogP contribution in [-0.4, -0.2) is 76.1 Å². The molecule has 1 fully saturated rings. The van der Waals surface area contributed by atoms with Crippen LogP contribution in [0.15, 0.2) is 65.7 Å². The molecule has 2 aromatic carbocycles. The van der Waals surface area contributed by atoms with Crippen LogP contribution >= 0.6 is 11.6 Å². The summed E-state index contributed by atoms with van der Waals surface area (Å²) >= 11 is 6.76. The Morgan fingerprint density at radius 3 is 2.57 bits per heavy atom. The monoisotopic (exact) mass is 612 g/mol. The van der Waals surface area contributed by atoms with Crippen molar-refractivity contribution in [3.05, 3.63) is 98.8 Å². The molecule has 2 aromatic heterocycles. The quantitative estimate of drug-likeness (QED) is 0.249. The summed E-state index contributed by atoms with van der Waals surface area (Å²) in [7, 11) is 1.77. The molecule has 1 aliphatic rings. The topological polar surface area (TPSA) is 113 Å². The second-order valence-electron chi connectivity index (χ2n) is 10.9. The molecule has 1 saturated heterocycles. The number of pyridine rings is 1. The van der Waals surface area contributed by atoms with Crippen LogP contribution in [0.25, 0.3) is 10.9 Å². The van der Waals surface area contributed by atoms with Gasteiger partial charge in [0, 0.05) is 88.1 Å². The average molecular weight is 613 g/mol. The van der Waals surface area contributed by atoms with E-state index in [2.05, 4.69) is 26.0 Å². The first-order valence-electron chi connectivity index (χ1n) is 14.6. The lowest BCUT2D eigenvalue weighted by molar-refractivity contribution is 0.0951. The van der Waals surface area contributed by atoms with Gasteiger partial charge < -0.3 is 16.0 Å². The van der Waals surface area contributed by atoms with Gasteiger partial charge >= 0.3 is 0 Å². The SMILES string of the molecule is C#CCN(Cc1cc2c(=O)n(C)c(CN3CCN(CCN)CC3)nc2cc1Cl)c1ccc(C(=O)NCc2cccnc2)cc1. The van der Waals surface area contributed by atoms with Gasteiger partial charge in [-0.25, -0.2) is 4.98 Å². The van der Waals surface area contributed by atoms with Crippen LogP contribution < -0.4 is 21.5 Å². The van der Waals surface area contributed by atoms with Gasteiger partial charge in [-0.3, -0.25) is 28.9 Å². The van der Waals surface area contributed by atoms with Gasteiger partial charge in [-0.05, 0) is 53.6 Å². The number of halogens is 1. The fraction of sp³-hybridized carbons (Fsp3) is 0.333. The van der Waals surface area contributed by atoms with Crippen molar-refractivity contribution in [1.29, 1.82) is 0 Å². The highest BCUT2D eigenvalue weighted by atomic mass is 35.5. The minimum Gasteiger partial charge on any atom is -0.356 e. The van der Waals surface area contributed by atoms with Gasteiger partial charge in [0.15, 0.2) is 0 Å². The predicted molar refractivity (Wildman–Crippen MR) is 174 cm³/mol. The first kappa shape index (κ1) is 31.2. The van der Waals surface area contributed by atoms with E-state index < -0.39 is 0 Å². The molecule has 3 heterocycles. The molecule has 3 N–H and O–H groups in total. The highest BCUT2D eigenvalue weighted by Gasteiger charge is 2.20. The molecule has 0 aliphatic carbocycles. The summed E-state index contributed by atoms with van der Waals surface area (Å²) < 4.78 is 1.63. The van der Waals surface area contributed by atoms with Crippen LogP contribution in [0.5, 0.6) is 0 Å². The molecule has 4 aromatic rings. The third-order valence-corrected chi connectivity index (χ3v) is 8.28. The molecule has 0 saturated carbocycles. The molecular formula is C33H37ClN8O2. The summed E-state index contributed by atoms with van der Waals surface area (Å²) in [5.41, 5.74) is 9.20. The number of amides is 1. The summed E-state index contributed by atoms with van der Waals surface area (Å²) in [6.07, 6.45) is 9.12. The van der Waals surface area contributed by atoms with Crippen LogP contribution in [0, 0.1) is 12.3 Å². The standard InChI is InChI=1S/C33H37ClN8O2/c1-3-12-42(27-8-6-25(7-9-27)32(43)37-21-24-5-4-11-36-20-24)22-26-18-28-30(19-29(26)34)38-31(39(2)33(28)44)23-41-16-14-40(13-10-35)15-17-41/h1,4-9,11,18-20H,10,12-17,21-23,35H2,2H3,(H,37,43). The number of anilines is 1. The van der Waals surface area contributed by atoms with Crippen molar-refractivity contribution in [3.8, 4) is 12.3 Å². The summed E-state index contributed by atoms with van der Waals surface area (Å²) in [5, 5.41) is 3.92. The number of benzene rings is 2. The largest absolute Gasteiger partial charge is 0.356 e. The van der Waals surface area contributed by atoms with Crippen LogP contribution in [-0.2, 0) is 26.7 Å². The molecule has 10 nitrogen and oxygen atoms in total. The van der Waals surface area contributed by atoms with Crippen molar-refractivity contribution in [2.24, 2.45) is 12.8 Å². The summed E-state index contributed by atoms with van der Waals surface area (Å²) in [5.74, 6) is 3.22. The van der Waals surface area contributed by atoms with E-state index in [1.54, 1.807) is 42.2 Å². The van der Waals surface area contributed by atoms with Gasteiger partial charge in [-0.1, -0.05) is 23.6 Å². The number of fused-ring (bicyclic) bond motifs is 1.